The summed E-state index contributed by atoms with van der Waals surface area (Å²) in [6.07, 6.45) is 8.75. The van der Waals surface area contributed by atoms with E-state index in [1.165, 1.54) is 31.4 Å². The summed E-state index contributed by atoms with van der Waals surface area (Å²) in [5, 5.41) is 3.64. The van der Waals surface area contributed by atoms with Gasteiger partial charge in [0.05, 0.1) is 7.11 Å². The number of nitrogens with one attached hydrogen (secondary N) is 1. The Bertz CT molecular complexity index is 440. The van der Waals surface area contributed by atoms with Crippen LogP contribution in [0.4, 0.5) is 0 Å². The van der Waals surface area contributed by atoms with Crippen LogP contribution >= 0.6 is 0 Å². The molecular formula is C16H21NO. The van der Waals surface area contributed by atoms with Crippen molar-refractivity contribution in [3.05, 3.63) is 35.9 Å². The Hall–Kier alpha value is -1.28. The molecule has 1 saturated heterocycles. The van der Waals surface area contributed by atoms with Crippen molar-refractivity contribution < 1.29 is 4.74 Å². The number of methoxy groups -OCH3 is 1. The first-order chi connectivity index (χ1) is 8.88. The van der Waals surface area contributed by atoms with Crippen LogP contribution in [0.25, 0.3) is 6.08 Å². The van der Waals surface area contributed by atoms with E-state index in [2.05, 4.69) is 29.6 Å². The topological polar surface area (TPSA) is 21.3 Å². The van der Waals surface area contributed by atoms with Crippen molar-refractivity contribution >= 4 is 6.08 Å². The van der Waals surface area contributed by atoms with Crippen LogP contribution in [-0.2, 0) is 0 Å². The van der Waals surface area contributed by atoms with Crippen LogP contribution in [0, 0.1) is 11.8 Å². The Morgan fingerprint density at radius 1 is 1.28 bits per heavy atom. The van der Waals surface area contributed by atoms with Crippen molar-refractivity contribution in [2.75, 3.05) is 13.7 Å². The number of ether oxygens (including phenoxy) is 1. The average molecular weight is 243 g/mol. The Balaban J connectivity index is 1.74. The molecule has 1 heterocycles. The van der Waals surface area contributed by atoms with E-state index in [1.807, 2.05) is 12.1 Å². The van der Waals surface area contributed by atoms with Crippen molar-refractivity contribution in [1.29, 1.82) is 0 Å². The first kappa shape index (κ1) is 11.8. The van der Waals surface area contributed by atoms with Gasteiger partial charge in [-0.15, -0.1) is 0 Å². The van der Waals surface area contributed by atoms with E-state index in [0.29, 0.717) is 6.04 Å². The van der Waals surface area contributed by atoms with Gasteiger partial charge in [0.2, 0.25) is 0 Å². The maximum absolute atomic E-state index is 5.38. The average Bonchev–Trinajstić information content (AvgIpc) is 3.00. The lowest BCUT2D eigenvalue weighted by atomic mass is 9.93. The van der Waals surface area contributed by atoms with E-state index in [-0.39, 0.29) is 0 Å². The lowest BCUT2D eigenvalue weighted by molar-refractivity contribution is 0.413. The van der Waals surface area contributed by atoms with E-state index in [1.54, 1.807) is 7.11 Å². The molecule has 0 spiro atoms. The van der Waals surface area contributed by atoms with Gasteiger partial charge < -0.3 is 10.1 Å². The summed E-state index contributed by atoms with van der Waals surface area (Å²) in [5.74, 6) is 2.72. The second-order valence-electron chi connectivity index (χ2n) is 5.39. The van der Waals surface area contributed by atoms with Crippen molar-refractivity contribution in [3.63, 3.8) is 0 Å². The summed E-state index contributed by atoms with van der Waals surface area (Å²) in [6, 6.07) is 8.75. The molecule has 0 aromatic heterocycles. The summed E-state index contributed by atoms with van der Waals surface area (Å²) in [6.45, 7) is 1.20. The van der Waals surface area contributed by atoms with Crippen molar-refractivity contribution in [3.8, 4) is 5.75 Å². The van der Waals surface area contributed by atoms with Gasteiger partial charge in [0.15, 0.2) is 0 Å². The van der Waals surface area contributed by atoms with E-state index >= 15 is 0 Å². The highest BCUT2D eigenvalue weighted by Crippen LogP contribution is 2.38. The second-order valence-corrected chi connectivity index (χ2v) is 5.39. The zero-order valence-corrected chi connectivity index (χ0v) is 10.9. The largest absolute Gasteiger partial charge is 0.496 e. The monoisotopic (exact) mass is 243 g/mol. The predicted octanol–water partition coefficient (Wildman–Crippen LogP) is 3.10. The number of benzene rings is 1. The zero-order valence-electron chi connectivity index (χ0n) is 10.9. The van der Waals surface area contributed by atoms with E-state index < -0.39 is 0 Å². The summed E-state index contributed by atoms with van der Waals surface area (Å²) >= 11 is 0. The standard InChI is InChI=1S/C16H21NO/c1-18-16-8-3-2-5-12(16)9-10-15-14-7-4-6-13(14)11-17-15/h2-3,5,8-10,13-15,17H,4,6-7,11H2,1H3/b10-9+. The number of hydrogen-bond donors (Lipinski definition) is 1. The van der Waals surface area contributed by atoms with Crippen LogP contribution in [-0.4, -0.2) is 19.7 Å². The van der Waals surface area contributed by atoms with Gasteiger partial charge in [-0.25, -0.2) is 0 Å². The van der Waals surface area contributed by atoms with Gasteiger partial charge in [-0.05, 0) is 37.3 Å². The van der Waals surface area contributed by atoms with Gasteiger partial charge >= 0.3 is 0 Å². The predicted molar refractivity (Wildman–Crippen MR) is 74.6 cm³/mol. The fourth-order valence-corrected chi connectivity index (χ4v) is 3.45. The van der Waals surface area contributed by atoms with Crippen molar-refractivity contribution in [1.82, 2.24) is 5.32 Å². The maximum Gasteiger partial charge on any atom is 0.126 e. The fraction of sp³-hybridized carbons (Fsp3) is 0.500. The molecule has 2 nitrogen and oxygen atoms in total. The molecule has 2 heteroatoms. The normalized spacial score (nSPS) is 30.8. The lowest BCUT2D eigenvalue weighted by Gasteiger charge is -2.14. The van der Waals surface area contributed by atoms with Gasteiger partial charge in [-0.2, -0.15) is 0 Å². The molecule has 2 aliphatic rings. The number of hydrogen-bond acceptors (Lipinski definition) is 2. The molecule has 1 aliphatic carbocycles. The molecule has 2 fully saturated rings. The minimum atomic E-state index is 0.558. The highest BCUT2D eigenvalue weighted by molar-refractivity contribution is 5.57. The smallest absolute Gasteiger partial charge is 0.126 e. The molecule has 0 amide bonds. The lowest BCUT2D eigenvalue weighted by Crippen LogP contribution is -2.23. The first-order valence-electron chi connectivity index (χ1n) is 6.93. The molecule has 0 bridgehead atoms. The van der Waals surface area contributed by atoms with Gasteiger partial charge in [-0.3, -0.25) is 0 Å². The molecule has 1 saturated carbocycles. The van der Waals surface area contributed by atoms with Crippen LogP contribution in [0.1, 0.15) is 24.8 Å². The summed E-state index contributed by atoms with van der Waals surface area (Å²) in [5.41, 5.74) is 1.17. The second kappa shape index (κ2) is 5.15. The molecule has 3 atom stereocenters. The number of rotatable bonds is 3. The SMILES string of the molecule is COc1ccccc1/C=C/C1NCC2CCCC21. The number of para-hydroxylation sites is 1. The quantitative estimate of drug-likeness (QED) is 0.881. The van der Waals surface area contributed by atoms with Crippen LogP contribution in [0.2, 0.25) is 0 Å². The zero-order chi connectivity index (χ0) is 12.4. The third-order valence-corrected chi connectivity index (χ3v) is 4.42. The minimum absolute atomic E-state index is 0.558. The fourth-order valence-electron chi connectivity index (χ4n) is 3.45. The van der Waals surface area contributed by atoms with Crippen molar-refractivity contribution in [2.24, 2.45) is 11.8 Å². The third-order valence-electron chi connectivity index (χ3n) is 4.42. The van der Waals surface area contributed by atoms with Crippen LogP contribution in [0.3, 0.4) is 0 Å². The number of fused-ring (bicyclic) bond motifs is 1. The molecule has 1 aromatic rings. The van der Waals surface area contributed by atoms with Gasteiger partial charge in [-0.1, -0.05) is 36.8 Å². The van der Waals surface area contributed by atoms with Crippen LogP contribution in [0.15, 0.2) is 30.3 Å². The van der Waals surface area contributed by atoms with E-state index in [9.17, 15) is 0 Å². The molecule has 1 N–H and O–H groups in total. The highest BCUT2D eigenvalue weighted by Gasteiger charge is 2.37. The Labute approximate surface area is 109 Å². The molecule has 96 valence electrons. The Morgan fingerprint density at radius 3 is 3.06 bits per heavy atom. The molecule has 3 rings (SSSR count). The molecule has 1 aromatic carbocycles. The van der Waals surface area contributed by atoms with Crippen LogP contribution < -0.4 is 10.1 Å². The van der Waals surface area contributed by atoms with Gasteiger partial charge in [0.25, 0.3) is 0 Å². The summed E-state index contributed by atoms with van der Waals surface area (Å²) < 4.78 is 5.38. The van der Waals surface area contributed by atoms with Crippen LogP contribution in [0.5, 0.6) is 5.75 Å². The van der Waals surface area contributed by atoms with E-state index in [4.69, 9.17) is 4.74 Å². The third kappa shape index (κ3) is 2.17. The summed E-state index contributed by atoms with van der Waals surface area (Å²) in [7, 11) is 1.73. The Kier molecular flexibility index (Phi) is 3.37. The molecular weight excluding hydrogens is 222 g/mol. The maximum atomic E-state index is 5.38. The van der Waals surface area contributed by atoms with Crippen molar-refractivity contribution in [2.45, 2.75) is 25.3 Å². The Morgan fingerprint density at radius 2 is 2.17 bits per heavy atom. The van der Waals surface area contributed by atoms with Gasteiger partial charge in [0.1, 0.15) is 5.75 Å². The molecule has 18 heavy (non-hydrogen) atoms. The minimum Gasteiger partial charge on any atom is -0.496 e. The molecule has 3 unspecified atom stereocenters. The van der Waals surface area contributed by atoms with E-state index in [0.717, 1.165) is 17.6 Å². The first-order valence-corrected chi connectivity index (χ1v) is 6.93. The molecule has 0 radical (unpaired) electrons. The van der Waals surface area contributed by atoms with Gasteiger partial charge in [0, 0.05) is 11.6 Å². The molecule has 1 aliphatic heterocycles. The summed E-state index contributed by atoms with van der Waals surface area (Å²) in [4.78, 5) is 0. The highest BCUT2D eigenvalue weighted by atomic mass is 16.5.